The van der Waals surface area contributed by atoms with E-state index in [0.717, 1.165) is 13.1 Å². The molecule has 0 aromatic heterocycles. The molecule has 0 aliphatic carbocycles. The molecule has 1 aliphatic heterocycles. The van der Waals surface area contributed by atoms with Crippen LogP contribution in [0, 0.1) is 0 Å². The second-order valence-electron chi connectivity index (χ2n) is 1.17. The molecule has 2 N–H and O–H groups in total. The molecule has 5 nitrogen and oxygen atoms in total. The van der Waals surface area contributed by atoms with Crippen LogP contribution in [0.2, 0.25) is 0 Å². The Labute approximate surface area is 46.8 Å². The molecule has 0 bridgehead atoms. The summed E-state index contributed by atoms with van der Waals surface area (Å²) in [6.45, 7) is 2.17. The van der Waals surface area contributed by atoms with Crippen LogP contribution in [0.3, 0.4) is 0 Å². The molecule has 0 atom stereocenters. The van der Waals surface area contributed by atoms with Crippen LogP contribution in [0.5, 0.6) is 0 Å². The summed E-state index contributed by atoms with van der Waals surface area (Å²) in [5, 5.41) is 2.07. The first kappa shape index (κ1) is 6.94. The summed E-state index contributed by atoms with van der Waals surface area (Å²) >= 11 is 0. The highest BCUT2D eigenvalue weighted by Gasteiger charge is 1.88. The Morgan fingerprint density at radius 2 is 2.25 bits per heavy atom. The molecule has 0 aromatic rings. The average molecular weight is 113 g/mol. The highest BCUT2D eigenvalue weighted by Crippen LogP contribution is 1.59. The summed E-state index contributed by atoms with van der Waals surface area (Å²) in [7, 11) is 0. The van der Waals surface area contributed by atoms with Gasteiger partial charge in [0.1, 0.15) is 6.54 Å². The van der Waals surface area contributed by atoms with Gasteiger partial charge in [0.2, 0.25) is 0 Å². The van der Waals surface area contributed by atoms with Crippen molar-refractivity contribution in [3.63, 3.8) is 0 Å². The molecule has 44 valence electrons. The van der Waals surface area contributed by atoms with Crippen LogP contribution in [0.1, 0.15) is 0 Å². The smallest absolute Gasteiger partial charge is 0.182 e. The normalized spacial score (nSPS) is 14.0. The predicted molar refractivity (Wildman–Crippen MR) is 30.2 cm³/mol. The Balaban J connectivity index is 0.000000145. The summed E-state index contributed by atoms with van der Waals surface area (Å²) in [6.07, 6.45) is 1.86. The number of rotatable bonds is 0. The summed E-state index contributed by atoms with van der Waals surface area (Å²) in [6, 6.07) is 0. The van der Waals surface area contributed by atoms with Gasteiger partial charge in [0.05, 0.1) is 6.54 Å². The Bertz CT molecular complexity index is 94.2. The van der Waals surface area contributed by atoms with Gasteiger partial charge in [0, 0.05) is 0 Å². The van der Waals surface area contributed by atoms with Crippen molar-refractivity contribution in [2.45, 2.75) is 0 Å². The number of nitrogens with zero attached hydrogens (tertiary/aromatic N) is 4. The van der Waals surface area contributed by atoms with E-state index in [1.54, 1.807) is 0 Å². The summed E-state index contributed by atoms with van der Waals surface area (Å²) in [5.41, 5.74) is 13.5. The minimum atomic E-state index is 1.01. The minimum absolute atomic E-state index is 1.01. The van der Waals surface area contributed by atoms with Crippen molar-refractivity contribution >= 4 is 6.34 Å². The quantitative estimate of drug-likeness (QED) is 0.248. The molecule has 0 radical (unpaired) electrons. The van der Waals surface area contributed by atoms with Gasteiger partial charge in [-0.05, 0) is 0 Å². The number of quaternary nitrogens is 1. The molecule has 1 aliphatic rings. The van der Waals surface area contributed by atoms with E-state index >= 15 is 0 Å². The number of nitrogens with two attached hydrogens (primary N) is 1. The minimum Gasteiger partial charge on any atom is -0.373 e. The van der Waals surface area contributed by atoms with E-state index in [-0.39, 0.29) is 0 Å². The zero-order chi connectivity index (χ0) is 6.24. The van der Waals surface area contributed by atoms with E-state index in [9.17, 15) is 0 Å². The molecule has 0 saturated carbocycles. The highest BCUT2D eigenvalue weighted by molar-refractivity contribution is 5.42. The van der Waals surface area contributed by atoms with E-state index in [0.29, 0.717) is 0 Å². The lowest BCUT2D eigenvalue weighted by molar-refractivity contribution is -0.518. The Morgan fingerprint density at radius 1 is 1.62 bits per heavy atom. The number of hydrogen-bond acceptors (Lipinski definition) is 1. The van der Waals surface area contributed by atoms with Crippen LogP contribution >= 0.6 is 0 Å². The number of hydrogen-bond donors (Lipinski definition) is 1. The third-order valence-electron chi connectivity index (χ3n) is 0.636. The average Bonchev–Trinajstić information content (AvgIpc) is 2.17. The molecular weight excluding hydrogens is 106 g/mol. The molecule has 0 spiro atoms. The summed E-state index contributed by atoms with van der Waals surface area (Å²) < 4.78 is 0. The maximum atomic E-state index is 6.75. The lowest BCUT2D eigenvalue weighted by atomic mass is 10.7. The van der Waals surface area contributed by atoms with Crippen LogP contribution < -0.4 is 5.32 Å². The molecule has 1 rings (SSSR count). The van der Waals surface area contributed by atoms with Gasteiger partial charge in [-0.1, -0.05) is 0 Å². The molecular formula is C3H7N5. The zero-order valence-corrected chi connectivity index (χ0v) is 4.36. The molecule has 0 aromatic carbocycles. The monoisotopic (exact) mass is 113 g/mol. The van der Waals surface area contributed by atoms with Gasteiger partial charge < -0.3 is 16.4 Å². The van der Waals surface area contributed by atoms with E-state index < -0.39 is 0 Å². The van der Waals surface area contributed by atoms with Gasteiger partial charge in [-0.2, -0.15) is 0 Å². The Kier molecular flexibility index (Phi) is 5.15. The van der Waals surface area contributed by atoms with Crippen LogP contribution in [-0.2, 0) is 0 Å². The van der Waals surface area contributed by atoms with Crippen LogP contribution in [0.25, 0.3) is 16.0 Å². The fourth-order valence-corrected chi connectivity index (χ4v) is 0.373. The second-order valence-corrected chi connectivity index (χ2v) is 1.17. The molecule has 0 unspecified atom stereocenters. The summed E-state index contributed by atoms with van der Waals surface area (Å²) in [4.78, 5) is 5.40. The predicted octanol–water partition coefficient (Wildman–Crippen LogP) is -0.542. The van der Waals surface area contributed by atoms with E-state index in [2.05, 4.69) is 10.3 Å². The maximum absolute atomic E-state index is 6.75. The van der Waals surface area contributed by atoms with Crippen molar-refractivity contribution in [1.29, 1.82) is 0 Å². The first-order valence-corrected chi connectivity index (χ1v) is 2.22. The fraction of sp³-hybridized carbons (Fsp3) is 0.667. The van der Waals surface area contributed by atoms with Gasteiger partial charge >= 0.3 is 0 Å². The SMILES string of the molecule is C1=NCC[NH2+]1.[N-]=[N+]=[N-]. The Hall–Kier alpha value is -1.06. The largest absolute Gasteiger partial charge is 0.373 e. The van der Waals surface area contributed by atoms with Gasteiger partial charge in [-0.25, -0.2) is 4.99 Å². The van der Waals surface area contributed by atoms with Gasteiger partial charge in [0.15, 0.2) is 6.34 Å². The fourth-order valence-electron chi connectivity index (χ4n) is 0.373. The van der Waals surface area contributed by atoms with Gasteiger partial charge in [-0.3, -0.25) is 4.91 Å². The lowest BCUT2D eigenvalue weighted by Crippen LogP contribution is -2.80. The van der Waals surface area contributed by atoms with Crippen LogP contribution in [0.15, 0.2) is 4.99 Å². The van der Waals surface area contributed by atoms with Crippen molar-refractivity contribution in [1.82, 2.24) is 0 Å². The van der Waals surface area contributed by atoms with Crippen LogP contribution in [0.4, 0.5) is 0 Å². The topological polar surface area (TPSA) is 87.7 Å². The second kappa shape index (κ2) is 5.94. The first-order chi connectivity index (χ1) is 3.91. The first-order valence-electron chi connectivity index (χ1n) is 2.22. The van der Waals surface area contributed by atoms with E-state index in [1.807, 2.05) is 6.34 Å². The zero-order valence-electron chi connectivity index (χ0n) is 4.36. The highest BCUT2D eigenvalue weighted by atomic mass is 15.0. The maximum Gasteiger partial charge on any atom is 0.182 e. The number of aliphatic imine (C=N–C) groups is 1. The van der Waals surface area contributed by atoms with Crippen molar-refractivity contribution < 1.29 is 5.32 Å². The molecule has 8 heavy (non-hydrogen) atoms. The molecule has 0 saturated heterocycles. The van der Waals surface area contributed by atoms with Crippen molar-refractivity contribution in [2.75, 3.05) is 13.1 Å². The van der Waals surface area contributed by atoms with Crippen molar-refractivity contribution in [3.8, 4) is 0 Å². The van der Waals surface area contributed by atoms with E-state index in [4.69, 9.17) is 11.1 Å². The van der Waals surface area contributed by atoms with Crippen molar-refractivity contribution in [2.24, 2.45) is 4.99 Å². The van der Waals surface area contributed by atoms with Gasteiger partial charge in [-0.15, -0.1) is 0 Å². The summed E-state index contributed by atoms with van der Waals surface area (Å²) in [5.74, 6) is 0. The molecule has 5 heteroatoms. The molecule has 0 fully saturated rings. The van der Waals surface area contributed by atoms with Crippen molar-refractivity contribution in [3.05, 3.63) is 16.0 Å². The van der Waals surface area contributed by atoms with Crippen LogP contribution in [-0.4, -0.2) is 19.4 Å². The molecule has 1 heterocycles. The lowest BCUT2D eigenvalue weighted by Gasteiger charge is -1.68. The third kappa shape index (κ3) is 4.94. The Morgan fingerprint density at radius 3 is 2.38 bits per heavy atom. The third-order valence-corrected chi connectivity index (χ3v) is 0.636. The molecule has 0 amide bonds. The van der Waals surface area contributed by atoms with E-state index in [1.165, 1.54) is 4.91 Å². The standard InChI is InChI=1S/C3H6N2.N3/c1-2-5-3-4-1;1-3-2/h3H,1-2H2,(H,4,5);/q;-1/p+1. The van der Waals surface area contributed by atoms with Gasteiger partial charge in [0.25, 0.3) is 0 Å².